The summed E-state index contributed by atoms with van der Waals surface area (Å²) in [5.41, 5.74) is 4.53. The first-order valence-corrected chi connectivity index (χ1v) is 11.3. The minimum absolute atomic E-state index is 0.0969. The van der Waals surface area contributed by atoms with Gasteiger partial charge in [0, 0.05) is 11.3 Å². The molecular weight excluding hydrogens is 419 g/mol. The van der Waals surface area contributed by atoms with Crippen molar-refractivity contribution >= 4 is 17.1 Å². The second-order valence-corrected chi connectivity index (χ2v) is 8.92. The summed E-state index contributed by atoms with van der Waals surface area (Å²) in [6.07, 6.45) is 2.71. The fourth-order valence-corrected chi connectivity index (χ4v) is 4.33. The Morgan fingerprint density at radius 2 is 1.91 bits per heavy atom. The van der Waals surface area contributed by atoms with E-state index in [2.05, 4.69) is 5.32 Å². The molecule has 7 heteroatoms. The molecule has 0 bridgehead atoms. The van der Waals surface area contributed by atoms with Gasteiger partial charge in [0.2, 0.25) is 0 Å². The first-order chi connectivity index (χ1) is 15.9. The van der Waals surface area contributed by atoms with E-state index in [9.17, 15) is 9.60 Å². The maximum absolute atomic E-state index is 15.0. The molecule has 2 aromatic carbocycles. The molecule has 0 fully saturated rings. The van der Waals surface area contributed by atoms with Gasteiger partial charge in [-0.25, -0.2) is 14.4 Å². The van der Waals surface area contributed by atoms with Gasteiger partial charge < -0.3 is 19.9 Å². The lowest BCUT2D eigenvalue weighted by molar-refractivity contribution is -0.921. The molecule has 0 aliphatic carbocycles. The lowest BCUT2D eigenvalue weighted by atomic mass is 10.0. The highest BCUT2D eigenvalue weighted by atomic mass is 19.1. The number of rotatable bonds is 5. The van der Waals surface area contributed by atoms with Gasteiger partial charge in [0.25, 0.3) is 0 Å². The number of halogens is 1. The molecule has 33 heavy (non-hydrogen) atoms. The summed E-state index contributed by atoms with van der Waals surface area (Å²) in [6.45, 7) is 5.61. The Balaban J connectivity index is 1.52. The lowest BCUT2D eigenvalue weighted by Crippen LogP contribution is -2.42. The maximum atomic E-state index is 15.0. The van der Waals surface area contributed by atoms with E-state index in [1.165, 1.54) is 6.07 Å². The molecule has 3 aromatic rings. The van der Waals surface area contributed by atoms with Crippen LogP contribution in [0.3, 0.4) is 0 Å². The third-order valence-corrected chi connectivity index (χ3v) is 6.44. The third kappa shape index (κ3) is 4.27. The summed E-state index contributed by atoms with van der Waals surface area (Å²) < 4.78 is 20.0. The summed E-state index contributed by atoms with van der Waals surface area (Å²) in [5, 5.41) is 16.6. The van der Waals surface area contributed by atoms with E-state index in [0.29, 0.717) is 49.2 Å². The van der Waals surface area contributed by atoms with Crippen LogP contribution >= 0.6 is 0 Å². The smallest absolute Gasteiger partial charge is 0.157 e. The summed E-state index contributed by atoms with van der Waals surface area (Å²) in [5.74, 6) is 0.865. The zero-order valence-corrected chi connectivity index (χ0v) is 18.8. The number of anilines is 2. The van der Waals surface area contributed by atoms with Crippen LogP contribution in [0.5, 0.6) is 0 Å². The molecule has 1 unspecified atom stereocenters. The number of quaternary nitrogens is 1. The van der Waals surface area contributed by atoms with Gasteiger partial charge in [0.05, 0.1) is 24.8 Å². The highest BCUT2D eigenvalue weighted by Gasteiger charge is 2.36. The number of hydrogen-bond acceptors (Lipinski definition) is 5. The van der Waals surface area contributed by atoms with E-state index >= 15 is 0 Å². The molecular formula is C26H27FN4O2. The van der Waals surface area contributed by atoms with Crippen molar-refractivity contribution in [2.75, 3.05) is 18.5 Å². The number of nitrogens with zero attached hydrogens (tertiary/aromatic N) is 3. The summed E-state index contributed by atoms with van der Waals surface area (Å²) >= 11 is 0. The van der Waals surface area contributed by atoms with Crippen LogP contribution in [-0.2, 0) is 17.8 Å². The van der Waals surface area contributed by atoms with Crippen LogP contribution < -0.4 is 5.32 Å². The lowest BCUT2D eigenvalue weighted by Gasteiger charge is -2.42. The van der Waals surface area contributed by atoms with Crippen LogP contribution in [0.4, 0.5) is 15.9 Å². The first-order valence-electron chi connectivity index (χ1n) is 11.3. The molecule has 6 nitrogen and oxygen atoms in total. The molecule has 1 aromatic heterocycles. The number of hydroxylamine groups is 3. The van der Waals surface area contributed by atoms with E-state index in [4.69, 9.17) is 14.7 Å². The average molecular weight is 447 g/mol. The topological polar surface area (TPSA) is 70.1 Å². The van der Waals surface area contributed by atoms with Crippen molar-refractivity contribution in [3.63, 3.8) is 0 Å². The molecule has 0 radical (unpaired) electrons. The van der Waals surface area contributed by atoms with Crippen molar-refractivity contribution in [2.45, 2.75) is 39.4 Å². The molecule has 2 aliphatic rings. The zero-order chi connectivity index (χ0) is 23.0. The average Bonchev–Trinajstić information content (AvgIpc) is 3.18. The van der Waals surface area contributed by atoms with Gasteiger partial charge in [-0.2, -0.15) is 0 Å². The SMILES string of the molecule is CC(C)[N+]1([O-])Cc2nc(C3=CCOCC3)nc(Nc3ccc(-c4ccccc4)c(F)c3)c2C1. The molecule has 0 saturated carbocycles. The Morgan fingerprint density at radius 3 is 2.61 bits per heavy atom. The predicted octanol–water partition coefficient (Wildman–Crippen LogP) is 5.57. The fourth-order valence-electron chi connectivity index (χ4n) is 4.33. The van der Waals surface area contributed by atoms with Gasteiger partial charge in [-0.1, -0.05) is 36.4 Å². The number of aromatic nitrogens is 2. The van der Waals surface area contributed by atoms with Crippen molar-refractivity contribution in [1.29, 1.82) is 0 Å². The summed E-state index contributed by atoms with van der Waals surface area (Å²) in [4.78, 5) is 9.54. The van der Waals surface area contributed by atoms with Gasteiger partial charge in [0.1, 0.15) is 30.4 Å². The molecule has 5 rings (SSSR count). The Kier molecular flexibility index (Phi) is 5.70. The Morgan fingerprint density at radius 1 is 1.09 bits per heavy atom. The molecule has 2 aliphatic heterocycles. The largest absolute Gasteiger partial charge is 0.632 e. The number of fused-ring (bicyclic) bond motifs is 1. The molecule has 0 spiro atoms. The van der Waals surface area contributed by atoms with Crippen molar-refractivity contribution in [3.05, 3.63) is 82.7 Å². The van der Waals surface area contributed by atoms with Gasteiger partial charge in [0.15, 0.2) is 5.82 Å². The number of hydrogen-bond donors (Lipinski definition) is 1. The minimum atomic E-state index is -0.369. The Labute approximate surface area is 192 Å². The van der Waals surface area contributed by atoms with Crippen molar-refractivity contribution in [2.24, 2.45) is 0 Å². The van der Waals surface area contributed by atoms with Crippen LogP contribution in [0, 0.1) is 11.0 Å². The second-order valence-electron chi connectivity index (χ2n) is 8.92. The summed E-state index contributed by atoms with van der Waals surface area (Å²) in [7, 11) is 0. The van der Waals surface area contributed by atoms with Crippen molar-refractivity contribution in [1.82, 2.24) is 9.97 Å². The molecule has 0 amide bonds. The number of ether oxygens (including phenoxy) is 1. The molecule has 1 N–H and O–H groups in total. The van der Waals surface area contributed by atoms with Gasteiger partial charge in [-0.3, -0.25) is 0 Å². The van der Waals surface area contributed by atoms with E-state index in [0.717, 1.165) is 28.8 Å². The molecule has 0 saturated heterocycles. The van der Waals surface area contributed by atoms with Crippen LogP contribution in [0.25, 0.3) is 16.7 Å². The van der Waals surface area contributed by atoms with Gasteiger partial charge in [-0.05, 0) is 49.6 Å². The Hall–Kier alpha value is -3.13. The molecule has 3 heterocycles. The van der Waals surface area contributed by atoms with E-state index in [1.807, 2.05) is 56.3 Å². The predicted molar refractivity (Wildman–Crippen MR) is 127 cm³/mol. The molecule has 1 atom stereocenters. The number of benzene rings is 2. The van der Waals surface area contributed by atoms with Crippen LogP contribution in [0.1, 0.15) is 37.4 Å². The van der Waals surface area contributed by atoms with Gasteiger partial charge in [-0.15, -0.1) is 0 Å². The van der Waals surface area contributed by atoms with Crippen LogP contribution in [0.2, 0.25) is 0 Å². The van der Waals surface area contributed by atoms with Gasteiger partial charge >= 0.3 is 0 Å². The zero-order valence-electron chi connectivity index (χ0n) is 18.8. The normalized spacial score (nSPS) is 20.0. The second kappa shape index (κ2) is 8.67. The third-order valence-electron chi connectivity index (χ3n) is 6.44. The van der Waals surface area contributed by atoms with Crippen molar-refractivity contribution in [3.8, 4) is 11.1 Å². The Bertz CT molecular complexity index is 1210. The standard InChI is InChI=1S/C26H27FN4O2/c1-17(2)31(32)15-22-24(16-31)29-25(19-10-12-33-13-11-19)30-26(22)28-20-8-9-21(23(27)14-20)18-6-4-3-5-7-18/h3-10,14,17H,11-13,15-16H2,1-2H3,(H,28,29,30). The minimum Gasteiger partial charge on any atom is -0.632 e. The fraction of sp³-hybridized carbons (Fsp3) is 0.308. The molecule has 170 valence electrons. The van der Waals surface area contributed by atoms with Crippen LogP contribution in [0.15, 0.2) is 54.6 Å². The maximum Gasteiger partial charge on any atom is 0.157 e. The van der Waals surface area contributed by atoms with Crippen molar-refractivity contribution < 1.29 is 13.8 Å². The van der Waals surface area contributed by atoms with E-state index in [1.54, 1.807) is 6.07 Å². The quantitative estimate of drug-likeness (QED) is 0.410. The summed E-state index contributed by atoms with van der Waals surface area (Å²) in [6, 6.07) is 14.4. The highest BCUT2D eigenvalue weighted by molar-refractivity contribution is 5.70. The van der Waals surface area contributed by atoms with E-state index < -0.39 is 0 Å². The van der Waals surface area contributed by atoms with E-state index in [-0.39, 0.29) is 16.5 Å². The first kappa shape index (κ1) is 21.7. The highest BCUT2D eigenvalue weighted by Crippen LogP contribution is 2.37. The van der Waals surface area contributed by atoms with Crippen LogP contribution in [-0.4, -0.2) is 33.9 Å². The number of nitrogens with one attached hydrogen (secondary N) is 1. The monoisotopic (exact) mass is 446 g/mol.